The van der Waals surface area contributed by atoms with E-state index in [1.807, 2.05) is 42.5 Å². The zero-order valence-corrected chi connectivity index (χ0v) is 20.3. The smallest absolute Gasteiger partial charge is 0.285 e. The van der Waals surface area contributed by atoms with Gasteiger partial charge in [0.15, 0.2) is 0 Å². The van der Waals surface area contributed by atoms with Gasteiger partial charge in [-0.3, -0.25) is 9.59 Å². The van der Waals surface area contributed by atoms with Gasteiger partial charge >= 0.3 is 0 Å². The van der Waals surface area contributed by atoms with Gasteiger partial charge in [0, 0.05) is 11.6 Å². The fraction of sp³-hybridized carbons (Fsp3) is 0.250. The van der Waals surface area contributed by atoms with E-state index in [4.69, 9.17) is 5.10 Å². The lowest BCUT2D eigenvalue weighted by Crippen LogP contribution is -2.32. The summed E-state index contributed by atoms with van der Waals surface area (Å²) in [7, 11) is 0. The molecule has 0 spiro atoms. The molecule has 0 bridgehead atoms. The Labute approximate surface area is 208 Å². The minimum absolute atomic E-state index is 0.000627. The minimum Gasteiger partial charge on any atom is -0.309 e. The Morgan fingerprint density at radius 2 is 1.78 bits per heavy atom. The van der Waals surface area contributed by atoms with E-state index in [0.717, 1.165) is 34.5 Å². The molecule has 0 saturated heterocycles. The van der Waals surface area contributed by atoms with Crippen molar-refractivity contribution in [1.29, 1.82) is 5.26 Å². The van der Waals surface area contributed by atoms with Gasteiger partial charge in [-0.15, -0.1) is 0 Å². The number of para-hydroxylation sites is 1. The fourth-order valence-electron chi connectivity index (χ4n) is 4.60. The van der Waals surface area contributed by atoms with E-state index in [-0.39, 0.29) is 12.1 Å². The number of carbonyl (C=O) groups is 1. The van der Waals surface area contributed by atoms with Crippen molar-refractivity contribution < 1.29 is 4.79 Å². The van der Waals surface area contributed by atoms with Crippen LogP contribution in [0.1, 0.15) is 40.8 Å². The molecule has 4 aromatic rings. The molecule has 1 amide bonds. The number of fused-ring (bicyclic) bond motifs is 1. The van der Waals surface area contributed by atoms with Crippen molar-refractivity contribution in [3.8, 4) is 23.0 Å². The number of rotatable bonds is 5. The number of hydrogen-bond donors (Lipinski definition) is 1. The second-order valence-electron chi connectivity index (χ2n) is 9.06. The summed E-state index contributed by atoms with van der Waals surface area (Å²) in [5, 5.41) is 21.3. The van der Waals surface area contributed by atoms with Crippen molar-refractivity contribution in [2.45, 2.75) is 46.1 Å². The molecule has 1 aliphatic carbocycles. The fourth-order valence-corrected chi connectivity index (χ4v) is 4.60. The van der Waals surface area contributed by atoms with E-state index in [9.17, 15) is 14.9 Å². The van der Waals surface area contributed by atoms with Gasteiger partial charge in [0.05, 0.1) is 17.1 Å². The summed E-state index contributed by atoms with van der Waals surface area (Å²) in [6.07, 6.45) is 4.58. The number of nitrogens with one attached hydrogen (secondary N) is 1. The van der Waals surface area contributed by atoms with Crippen LogP contribution in [-0.2, 0) is 24.2 Å². The highest BCUT2D eigenvalue weighted by atomic mass is 16.2. The summed E-state index contributed by atoms with van der Waals surface area (Å²) in [5.74, 6) is 0.0436. The maximum Gasteiger partial charge on any atom is 0.285 e. The van der Waals surface area contributed by atoms with E-state index in [1.165, 1.54) is 24.0 Å². The molecule has 1 N–H and O–H groups in total. The largest absolute Gasteiger partial charge is 0.309 e. The standard InChI is InChI=1S/C28H26N6O2/c1-18-19(2)31-33(28(36)24(18)16-29)17-27(35)30-26-15-25(32-34(26)23-10-4-3-5-11-23)22-13-12-20-8-6-7-9-21(20)14-22/h3-5,10-15H,6-9,17H2,1-2H3,(H,30,35). The normalized spacial score (nSPS) is 12.6. The second kappa shape index (κ2) is 9.62. The molecule has 0 unspecified atom stereocenters. The number of benzene rings is 2. The van der Waals surface area contributed by atoms with Crippen LogP contribution < -0.4 is 10.9 Å². The number of amides is 1. The molecule has 2 aromatic carbocycles. The van der Waals surface area contributed by atoms with Crippen molar-refractivity contribution in [2.24, 2.45) is 0 Å². The van der Waals surface area contributed by atoms with Crippen molar-refractivity contribution in [2.75, 3.05) is 5.32 Å². The highest BCUT2D eigenvalue weighted by Gasteiger charge is 2.18. The first-order chi connectivity index (χ1) is 17.4. The van der Waals surface area contributed by atoms with Crippen LogP contribution in [0.25, 0.3) is 16.9 Å². The molecule has 36 heavy (non-hydrogen) atoms. The molecular formula is C28H26N6O2. The van der Waals surface area contributed by atoms with Crippen molar-refractivity contribution in [3.05, 3.63) is 92.9 Å². The van der Waals surface area contributed by atoms with Gasteiger partial charge in [-0.2, -0.15) is 15.5 Å². The van der Waals surface area contributed by atoms with Crippen molar-refractivity contribution >= 4 is 11.7 Å². The quantitative estimate of drug-likeness (QED) is 0.465. The first-order valence-corrected chi connectivity index (χ1v) is 12.0. The van der Waals surface area contributed by atoms with Crippen molar-refractivity contribution in [1.82, 2.24) is 19.6 Å². The summed E-state index contributed by atoms with van der Waals surface area (Å²) in [6.45, 7) is 3.06. The molecule has 5 rings (SSSR count). The predicted octanol–water partition coefficient (Wildman–Crippen LogP) is 4.10. The molecule has 1 aliphatic rings. The highest BCUT2D eigenvalue weighted by Crippen LogP contribution is 2.29. The number of hydrogen-bond acceptors (Lipinski definition) is 5. The van der Waals surface area contributed by atoms with Crippen LogP contribution >= 0.6 is 0 Å². The average molecular weight is 479 g/mol. The molecule has 0 radical (unpaired) electrons. The van der Waals surface area contributed by atoms with Crippen LogP contribution in [0.2, 0.25) is 0 Å². The first kappa shape index (κ1) is 23.2. The van der Waals surface area contributed by atoms with Gasteiger partial charge in [0.2, 0.25) is 5.91 Å². The number of carbonyl (C=O) groups excluding carboxylic acids is 1. The highest BCUT2D eigenvalue weighted by molar-refractivity contribution is 5.90. The third kappa shape index (κ3) is 4.43. The molecule has 8 nitrogen and oxygen atoms in total. The molecule has 0 atom stereocenters. The Bertz CT molecular complexity index is 1560. The molecule has 180 valence electrons. The van der Waals surface area contributed by atoms with Gasteiger partial charge in [-0.1, -0.05) is 30.3 Å². The van der Waals surface area contributed by atoms with Crippen molar-refractivity contribution in [3.63, 3.8) is 0 Å². The summed E-state index contributed by atoms with van der Waals surface area (Å²) in [6, 6.07) is 19.8. The molecule has 0 saturated carbocycles. The minimum atomic E-state index is -0.581. The maximum absolute atomic E-state index is 13.0. The zero-order chi connectivity index (χ0) is 25.2. The zero-order valence-electron chi connectivity index (χ0n) is 20.3. The average Bonchev–Trinajstić information content (AvgIpc) is 3.31. The van der Waals surface area contributed by atoms with E-state index in [1.54, 1.807) is 18.5 Å². The number of nitrogens with zero attached hydrogens (tertiary/aromatic N) is 5. The van der Waals surface area contributed by atoms with Crippen LogP contribution in [0.5, 0.6) is 0 Å². The number of anilines is 1. The number of nitriles is 1. The summed E-state index contributed by atoms with van der Waals surface area (Å²) < 4.78 is 2.72. The van der Waals surface area contributed by atoms with Crippen LogP contribution in [0.4, 0.5) is 5.82 Å². The number of aryl methyl sites for hydroxylation is 3. The van der Waals surface area contributed by atoms with Crippen LogP contribution in [-0.4, -0.2) is 25.5 Å². The molecule has 8 heteroatoms. The molecular weight excluding hydrogens is 452 g/mol. The van der Waals surface area contributed by atoms with Gasteiger partial charge in [-0.25, -0.2) is 9.36 Å². The lowest BCUT2D eigenvalue weighted by molar-refractivity contribution is -0.117. The topological polar surface area (TPSA) is 106 Å². The Morgan fingerprint density at radius 3 is 2.53 bits per heavy atom. The molecule has 2 aromatic heterocycles. The van der Waals surface area contributed by atoms with Crippen LogP contribution in [0, 0.1) is 25.2 Å². The molecule has 0 fully saturated rings. The first-order valence-electron chi connectivity index (χ1n) is 12.0. The second-order valence-corrected chi connectivity index (χ2v) is 9.06. The summed E-state index contributed by atoms with van der Waals surface area (Å²) in [5.41, 5.74) is 5.75. The van der Waals surface area contributed by atoms with Gasteiger partial charge in [-0.05, 0) is 74.4 Å². The lowest BCUT2D eigenvalue weighted by Gasteiger charge is -2.16. The van der Waals surface area contributed by atoms with Gasteiger partial charge < -0.3 is 5.32 Å². The SMILES string of the molecule is Cc1nn(CC(=O)Nc2cc(-c3ccc4c(c3)CCCC4)nn2-c2ccccc2)c(=O)c(C#N)c1C. The Balaban J connectivity index is 1.48. The molecule has 2 heterocycles. The van der Waals surface area contributed by atoms with Gasteiger partial charge in [0.1, 0.15) is 24.0 Å². The Morgan fingerprint density at radius 1 is 1.03 bits per heavy atom. The van der Waals surface area contributed by atoms with E-state index in [0.29, 0.717) is 17.1 Å². The third-order valence-electron chi connectivity index (χ3n) is 6.66. The van der Waals surface area contributed by atoms with E-state index < -0.39 is 11.5 Å². The van der Waals surface area contributed by atoms with Gasteiger partial charge in [0.25, 0.3) is 5.56 Å². The monoisotopic (exact) mass is 478 g/mol. The third-order valence-corrected chi connectivity index (χ3v) is 6.66. The predicted molar refractivity (Wildman–Crippen MR) is 137 cm³/mol. The Kier molecular flexibility index (Phi) is 6.21. The van der Waals surface area contributed by atoms with E-state index in [2.05, 4.69) is 28.6 Å². The maximum atomic E-state index is 13.0. The lowest BCUT2D eigenvalue weighted by atomic mass is 9.90. The Hall–Kier alpha value is -4.51. The van der Waals surface area contributed by atoms with E-state index >= 15 is 0 Å². The summed E-state index contributed by atoms with van der Waals surface area (Å²) >= 11 is 0. The molecule has 0 aliphatic heterocycles. The number of aromatic nitrogens is 4. The summed E-state index contributed by atoms with van der Waals surface area (Å²) in [4.78, 5) is 25.7. The van der Waals surface area contributed by atoms with Crippen LogP contribution in [0.15, 0.2) is 59.4 Å². The van der Waals surface area contributed by atoms with Crippen LogP contribution in [0.3, 0.4) is 0 Å².